The van der Waals surface area contributed by atoms with Gasteiger partial charge in [-0.15, -0.1) is 11.6 Å². The van der Waals surface area contributed by atoms with Crippen LogP contribution in [0.3, 0.4) is 0 Å². The van der Waals surface area contributed by atoms with Gasteiger partial charge >= 0.3 is 0 Å². The van der Waals surface area contributed by atoms with Crippen LogP contribution in [-0.4, -0.2) is 0 Å². The highest BCUT2D eigenvalue weighted by Crippen LogP contribution is 2.32. The van der Waals surface area contributed by atoms with Crippen molar-refractivity contribution in [3.8, 4) is 11.1 Å². The Kier molecular flexibility index (Phi) is 4.22. The van der Waals surface area contributed by atoms with Gasteiger partial charge < -0.3 is 0 Å². The quantitative estimate of drug-likeness (QED) is 0.592. The first-order chi connectivity index (χ1) is 8.10. The molecule has 0 saturated carbocycles. The van der Waals surface area contributed by atoms with Crippen LogP contribution in [0.5, 0.6) is 0 Å². The molecule has 0 atom stereocenters. The fourth-order valence-corrected chi connectivity index (χ4v) is 2.59. The molecular formula is C13H8Cl4. The second kappa shape index (κ2) is 5.49. The summed E-state index contributed by atoms with van der Waals surface area (Å²) in [4.78, 5) is 0. The molecule has 0 N–H and O–H groups in total. The molecule has 0 aliphatic heterocycles. The molecule has 0 aliphatic carbocycles. The lowest BCUT2D eigenvalue weighted by atomic mass is 10.0. The van der Waals surface area contributed by atoms with E-state index in [1.165, 1.54) is 0 Å². The van der Waals surface area contributed by atoms with Gasteiger partial charge in [-0.1, -0.05) is 46.9 Å². The van der Waals surface area contributed by atoms with Crippen molar-refractivity contribution in [2.45, 2.75) is 5.88 Å². The zero-order chi connectivity index (χ0) is 12.4. The maximum atomic E-state index is 6.20. The molecule has 0 nitrogen and oxygen atoms in total. The lowest BCUT2D eigenvalue weighted by Gasteiger charge is -2.07. The number of rotatable bonds is 2. The monoisotopic (exact) mass is 304 g/mol. The Morgan fingerprint density at radius 1 is 0.824 bits per heavy atom. The van der Waals surface area contributed by atoms with E-state index >= 15 is 0 Å². The van der Waals surface area contributed by atoms with Gasteiger partial charge in [0.05, 0.1) is 0 Å². The summed E-state index contributed by atoms with van der Waals surface area (Å²) in [5.74, 6) is 0.441. The molecule has 88 valence electrons. The molecule has 0 aromatic heterocycles. The van der Waals surface area contributed by atoms with Crippen molar-refractivity contribution < 1.29 is 0 Å². The summed E-state index contributed by atoms with van der Waals surface area (Å²) in [7, 11) is 0. The highest BCUT2D eigenvalue weighted by atomic mass is 35.5. The highest BCUT2D eigenvalue weighted by molar-refractivity contribution is 6.36. The summed E-state index contributed by atoms with van der Waals surface area (Å²) in [6.45, 7) is 0. The zero-order valence-corrected chi connectivity index (χ0v) is 11.7. The topological polar surface area (TPSA) is 0 Å². The number of halogens is 4. The van der Waals surface area contributed by atoms with Crippen LogP contribution >= 0.6 is 46.4 Å². The van der Waals surface area contributed by atoms with Crippen molar-refractivity contribution in [3.05, 3.63) is 57.0 Å². The van der Waals surface area contributed by atoms with E-state index in [1.54, 1.807) is 6.07 Å². The Morgan fingerprint density at radius 3 is 2.00 bits per heavy atom. The average Bonchev–Trinajstić information content (AvgIpc) is 2.27. The van der Waals surface area contributed by atoms with Crippen molar-refractivity contribution in [1.29, 1.82) is 0 Å². The molecule has 2 rings (SSSR count). The predicted octanol–water partition coefficient (Wildman–Crippen LogP) is 6.05. The molecule has 2 aromatic rings. The van der Waals surface area contributed by atoms with Gasteiger partial charge in [0, 0.05) is 26.5 Å². The molecule has 2 aromatic carbocycles. The Balaban J connectivity index is 2.52. The van der Waals surface area contributed by atoms with Crippen molar-refractivity contribution >= 4 is 46.4 Å². The Bertz CT molecular complexity index is 529. The van der Waals surface area contributed by atoms with E-state index < -0.39 is 0 Å². The van der Waals surface area contributed by atoms with Crippen molar-refractivity contribution in [2.75, 3.05) is 0 Å². The summed E-state index contributed by atoms with van der Waals surface area (Å²) in [6.07, 6.45) is 0. The minimum atomic E-state index is 0.441. The summed E-state index contributed by atoms with van der Waals surface area (Å²) in [5, 5.41) is 1.82. The van der Waals surface area contributed by atoms with Crippen molar-refractivity contribution in [1.82, 2.24) is 0 Å². The van der Waals surface area contributed by atoms with Gasteiger partial charge in [0.1, 0.15) is 0 Å². The van der Waals surface area contributed by atoms with Crippen LogP contribution in [0.15, 0.2) is 36.4 Å². The molecule has 0 fully saturated rings. The lowest BCUT2D eigenvalue weighted by Crippen LogP contribution is -1.83. The minimum Gasteiger partial charge on any atom is -0.122 e. The Hall–Kier alpha value is -0.400. The van der Waals surface area contributed by atoms with Crippen LogP contribution in [0.4, 0.5) is 0 Å². The van der Waals surface area contributed by atoms with Crippen molar-refractivity contribution in [2.24, 2.45) is 0 Å². The smallest absolute Gasteiger partial charge is 0.0487 e. The van der Waals surface area contributed by atoms with Gasteiger partial charge in [-0.25, -0.2) is 0 Å². The lowest BCUT2D eigenvalue weighted by molar-refractivity contribution is 1.40. The molecule has 0 heterocycles. The van der Waals surface area contributed by atoms with Crippen LogP contribution < -0.4 is 0 Å². The summed E-state index contributed by atoms with van der Waals surface area (Å²) >= 11 is 23.9. The largest absolute Gasteiger partial charge is 0.122 e. The molecule has 4 heteroatoms. The maximum Gasteiger partial charge on any atom is 0.0487 e. The van der Waals surface area contributed by atoms with E-state index in [1.807, 2.05) is 30.3 Å². The van der Waals surface area contributed by atoms with Crippen LogP contribution in [0.2, 0.25) is 15.1 Å². The number of hydrogen-bond acceptors (Lipinski definition) is 0. The predicted molar refractivity (Wildman–Crippen MR) is 76.5 cm³/mol. The number of hydrogen-bond donors (Lipinski definition) is 0. The Labute approximate surface area is 120 Å². The van der Waals surface area contributed by atoms with E-state index in [0.29, 0.717) is 20.9 Å². The zero-order valence-electron chi connectivity index (χ0n) is 8.68. The third-order valence-corrected chi connectivity index (χ3v) is 3.42. The van der Waals surface area contributed by atoms with E-state index in [2.05, 4.69) is 0 Å². The van der Waals surface area contributed by atoms with Crippen LogP contribution in [0.25, 0.3) is 11.1 Å². The van der Waals surface area contributed by atoms with E-state index in [9.17, 15) is 0 Å². The molecular weight excluding hydrogens is 298 g/mol. The number of alkyl halides is 1. The minimum absolute atomic E-state index is 0.441. The van der Waals surface area contributed by atoms with Gasteiger partial charge in [-0.05, 0) is 35.4 Å². The standard InChI is InChI=1S/C13H8Cl4/c14-7-8-1-2-12(13(17)3-8)9-4-10(15)6-11(16)5-9/h1-6H,7H2. The fraction of sp³-hybridized carbons (Fsp3) is 0.0769. The van der Waals surface area contributed by atoms with E-state index in [0.717, 1.165) is 16.7 Å². The van der Waals surface area contributed by atoms with Gasteiger partial charge in [-0.2, -0.15) is 0 Å². The second-order valence-corrected chi connectivity index (χ2v) is 5.15. The van der Waals surface area contributed by atoms with E-state index in [4.69, 9.17) is 46.4 Å². The molecule has 0 saturated heterocycles. The first-order valence-electron chi connectivity index (χ1n) is 4.91. The SMILES string of the molecule is ClCc1ccc(-c2cc(Cl)cc(Cl)c2)c(Cl)c1. The molecule has 0 aliphatic rings. The van der Waals surface area contributed by atoms with Gasteiger partial charge in [0.25, 0.3) is 0 Å². The molecule has 0 amide bonds. The molecule has 0 radical (unpaired) electrons. The third kappa shape index (κ3) is 3.08. The summed E-state index contributed by atoms with van der Waals surface area (Å²) in [5.41, 5.74) is 2.77. The van der Waals surface area contributed by atoms with Crippen LogP contribution in [0.1, 0.15) is 5.56 Å². The summed E-state index contributed by atoms with van der Waals surface area (Å²) < 4.78 is 0. The van der Waals surface area contributed by atoms with Gasteiger partial charge in [0.15, 0.2) is 0 Å². The van der Waals surface area contributed by atoms with Gasteiger partial charge in [0.2, 0.25) is 0 Å². The third-order valence-electron chi connectivity index (χ3n) is 2.36. The summed E-state index contributed by atoms with van der Waals surface area (Å²) in [6, 6.07) is 11.0. The molecule has 0 unspecified atom stereocenters. The normalized spacial score (nSPS) is 10.6. The average molecular weight is 306 g/mol. The second-order valence-electron chi connectivity index (χ2n) is 3.61. The first-order valence-corrected chi connectivity index (χ1v) is 6.58. The fourth-order valence-electron chi connectivity index (χ4n) is 1.59. The highest BCUT2D eigenvalue weighted by Gasteiger charge is 2.06. The maximum absolute atomic E-state index is 6.20. The molecule has 0 bridgehead atoms. The van der Waals surface area contributed by atoms with E-state index in [-0.39, 0.29) is 0 Å². The van der Waals surface area contributed by atoms with Crippen LogP contribution in [-0.2, 0) is 5.88 Å². The molecule has 0 spiro atoms. The molecule has 17 heavy (non-hydrogen) atoms. The first kappa shape index (κ1) is 13.0. The Morgan fingerprint density at radius 2 is 1.47 bits per heavy atom. The number of benzene rings is 2. The van der Waals surface area contributed by atoms with Crippen LogP contribution in [0, 0.1) is 0 Å². The van der Waals surface area contributed by atoms with Crippen molar-refractivity contribution in [3.63, 3.8) is 0 Å². The van der Waals surface area contributed by atoms with Gasteiger partial charge in [-0.3, -0.25) is 0 Å².